The van der Waals surface area contributed by atoms with Crippen LogP contribution < -0.4 is 21.9 Å². The van der Waals surface area contributed by atoms with Crippen molar-refractivity contribution in [2.24, 2.45) is 0 Å². The maximum Gasteiger partial charge on any atom is 0.108 e. The van der Waals surface area contributed by atoms with Crippen LogP contribution in [0.2, 0.25) is 0 Å². The van der Waals surface area contributed by atoms with Crippen LogP contribution in [-0.2, 0) is 0 Å². The fourth-order valence-corrected chi connectivity index (χ4v) is 4.96. The second-order valence-corrected chi connectivity index (χ2v) is 9.51. The SMILES string of the molecule is CC=CC[N+](C)(CC)CC.c1ccc([B-](c2ccccc2)(c2ccccc2)c2ccccc2)cc1. The summed E-state index contributed by atoms with van der Waals surface area (Å²) in [5.74, 6) is 0. The highest BCUT2D eigenvalue weighted by atomic mass is 15.3. The predicted octanol–water partition coefficient (Wildman–Crippen LogP) is 5.11. The smallest absolute Gasteiger partial charge is 0.108 e. The minimum Gasteiger partial charge on any atom is -0.323 e. The molecule has 0 fully saturated rings. The normalized spacial score (nSPS) is 11.7. The molecule has 4 aromatic carbocycles. The van der Waals surface area contributed by atoms with Gasteiger partial charge in [-0.05, 0) is 26.8 Å². The molecule has 0 atom stereocenters. The summed E-state index contributed by atoms with van der Waals surface area (Å²) in [5, 5.41) is 0. The summed E-state index contributed by atoms with van der Waals surface area (Å²) in [6.45, 7) is 10.2. The van der Waals surface area contributed by atoms with Gasteiger partial charge in [-0.15, -0.1) is 0 Å². The lowest BCUT2D eigenvalue weighted by molar-refractivity contribution is -0.900. The molecular weight excluding hydrogens is 421 g/mol. The van der Waals surface area contributed by atoms with Crippen LogP contribution in [0.1, 0.15) is 20.8 Å². The highest BCUT2D eigenvalue weighted by Crippen LogP contribution is 2.09. The molecule has 0 saturated carbocycles. The van der Waals surface area contributed by atoms with E-state index in [1.807, 2.05) is 0 Å². The van der Waals surface area contributed by atoms with Crippen molar-refractivity contribution in [3.8, 4) is 0 Å². The number of hydrogen-bond donors (Lipinski definition) is 0. The topological polar surface area (TPSA) is 0 Å². The molecule has 0 bridgehead atoms. The highest BCUT2D eigenvalue weighted by molar-refractivity contribution is 7.19. The molecule has 4 aromatic rings. The van der Waals surface area contributed by atoms with E-state index in [-0.39, 0.29) is 0 Å². The molecule has 1 nitrogen and oxygen atoms in total. The molecule has 0 unspecified atom stereocenters. The van der Waals surface area contributed by atoms with Crippen LogP contribution in [0.5, 0.6) is 0 Å². The molecule has 0 spiro atoms. The zero-order valence-electron chi connectivity index (χ0n) is 21.8. The second-order valence-electron chi connectivity index (χ2n) is 9.51. The minimum absolute atomic E-state index is 1.16. The average molecular weight is 462 g/mol. The average Bonchev–Trinajstić information content (AvgIpc) is 2.95. The number of nitrogens with zero attached hydrogens (tertiary/aromatic N) is 1. The van der Waals surface area contributed by atoms with Crippen molar-refractivity contribution in [1.29, 1.82) is 0 Å². The van der Waals surface area contributed by atoms with Crippen LogP contribution in [0.3, 0.4) is 0 Å². The first-order valence-electron chi connectivity index (χ1n) is 12.9. The van der Waals surface area contributed by atoms with E-state index < -0.39 is 6.15 Å². The van der Waals surface area contributed by atoms with E-state index in [0.29, 0.717) is 0 Å². The maximum atomic E-state index is 2.29. The van der Waals surface area contributed by atoms with Crippen LogP contribution in [0, 0.1) is 0 Å². The van der Waals surface area contributed by atoms with Gasteiger partial charge in [0.25, 0.3) is 0 Å². The zero-order valence-corrected chi connectivity index (χ0v) is 21.8. The fourth-order valence-electron chi connectivity index (χ4n) is 4.96. The van der Waals surface area contributed by atoms with E-state index in [0.717, 1.165) is 4.48 Å². The van der Waals surface area contributed by atoms with Crippen molar-refractivity contribution in [2.45, 2.75) is 20.8 Å². The second kappa shape index (κ2) is 12.9. The lowest BCUT2D eigenvalue weighted by Crippen LogP contribution is -2.74. The lowest BCUT2D eigenvalue weighted by Gasteiger charge is -2.44. The van der Waals surface area contributed by atoms with Crippen molar-refractivity contribution in [3.05, 3.63) is 133 Å². The first-order chi connectivity index (χ1) is 17.1. The van der Waals surface area contributed by atoms with E-state index in [1.54, 1.807) is 0 Å². The number of quaternary nitrogens is 1. The molecule has 0 radical (unpaired) electrons. The summed E-state index contributed by atoms with van der Waals surface area (Å²) < 4.78 is 1.16. The lowest BCUT2D eigenvalue weighted by atomic mass is 9.13. The van der Waals surface area contributed by atoms with Gasteiger partial charge in [0.2, 0.25) is 0 Å². The minimum atomic E-state index is -1.22. The van der Waals surface area contributed by atoms with Crippen LogP contribution in [0.25, 0.3) is 0 Å². The Morgan fingerprint density at radius 1 is 0.543 bits per heavy atom. The number of likely N-dealkylation sites (N-methyl/N-ethyl adjacent to an activating group) is 1. The zero-order chi connectivity index (χ0) is 25.0. The molecular formula is C33H40BN. The third-order valence-electron chi connectivity index (χ3n) is 7.51. The Kier molecular flexibility index (Phi) is 9.70. The Morgan fingerprint density at radius 3 is 1.06 bits per heavy atom. The van der Waals surface area contributed by atoms with E-state index in [4.69, 9.17) is 0 Å². The van der Waals surface area contributed by atoms with E-state index in [9.17, 15) is 0 Å². The summed E-state index contributed by atoms with van der Waals surface area (Å²) in [7, 11) is 2.29. The largest absolute Gasteiger partial charge is 0.323 e. The van der Waals surface area contributed by atoms with Crippen molar-refractivity contribution in [3.63, 3.8) is 0 Å². The molecule has 0 aromatic heterocycles. The molecule has 0 amide bonds. The fraction of sp³-hybridized carbons (Fsp3) is 0.212. The summed E-state index contributed by atoms with van der Waals surface area (Å²) in [6, 6.07) is 43.5. The highest BCUT2D eigenvalue weighted by Gasteiger charge is 2.31. The standard InChI is InChI=1S/C24H20B.C9H20N/c1-5-13-21(14-6-1)25(22-15-7-2-8-16-22,23-17-9-3-10-18-23)24-19-11-4-12-20-24;1-5-8-9-10(4,6-2)7-3/h1-20H;5,8H,6-7,9H2,1-4H3/q-1;+1. The van der Waals surface area contributed by atoms with Gasteiger partial charge in [0.15, 0.2) is 0 Å². The molecule has 2 heteroatoms. The molecule has 35 heavy (non-hydrogen) atoms. The Bertz CT molecular complexity index is 971. The van der Waals surface area contributed by atoms with Crippen molar-refractivity contribution in [2.75, 3.05) is 26.7 Å². The van der Waals surface area contributed by atoms with Crippen LogP contribution in [0.4, 0.5) is 0 Å². The summed E-state index contributed by atoms with van der Waals surface area (Å²) in [6.07, 6.45) is 3.15. The molecule has 0 N–H and O–H groups in total. The molecule has 180 valence electrons. The number of rotatable bonds is 8. The van der Waals surface area contributed by atoms with Gasteiger partial charge in [-0.1, -0.05) is 127 Å². The Hall–Kier alpha value is -3.36. The molecule has 0 heterocycles. The van der Waals surface area contributed by atoms with Gasteiger partial charge in [-0.2, -0.15) is 21.9 Å². The molecule has 0 aliphatic heterocycles. The molecule has 0 aliphatic carbocycles. The quantitative estimate of drug-likeness (QED) is 0.194. The molecule has 4 rings (SSSR count). The van der Waals surface area contributed by atoms with Crippen LogP contribution in [-0.4, -0.2) is 37.3 Å². The van der Waals surface area contributed by atoms with Gasteiger partial charge >= 0.3 is 0 Å². The Balaban J connectivity index is 0.000000292. The van der Waals surface area contributed by atoms with Crippen LogP contribution in [0.15, 0.2) is 133 Å². The Labute approximate surface area is 213 Å². The summed E-state index contributed by atoms with van der Waals surface area (Å²) >= 11 is 0. The van der Waals surface area contributed by atoms with Crippen LogP contribution >= 0.6 is 0 Å². The molecule has 0 saturated heterocycles. The number of hydrogen-bond acceptors (Lipinski definition) is 0. The van der Waals surface area contributed by atoms with Crippen molar-refractivity contribution < 1.29 is 4.48 Å². The van der Waals surface area contributed by atoms with Crippen molar-refractivity contribution >= 4 is 28.0 Å². The predicted molar refractivity (Wildman–Crippen MR) is 157 cm³/mol. The number of allylic oxidation sites excluding steroid dienone is 1. The van der Waals surface area contributed by atoms with Crippen molar-refractivity contribution in [1.82, 2.24) is 0 Å². The first-order valence-corrected chi connectivity index (χ1v) is 12.9. The first kappa shape index (κ1) is 26.3. The van der Waals surface area contributed by atoms with E-state index >= 15 is 0 Å². The van der Waals surface area contributed by atoms with Gasteiger partial charge in [0, 0.05) is 0 Å². The summed E-state index contributed by atoms with van der Waals surface area (Å²) in [4.78, 5) is 0. The summed E-state index contributed by atoms with van der Waals surface area (Å²) in [5.41, 5.74) is 5.36. The number of benzene rings is 4. The van der Waals surface area contributed by atoms with E-state index in [1.165, 1.54) is 41.5 Å². The third-order valence-corrected chi connectivity index (χ3v) is 7.51. The van der Waals surface area contributed by atoms with Gasteiger partial charge in [-0.25, -0.2) is 0 Å². The maximum absolute atomic E-state index is 2.29. The monoisotopic (exact) mass is 461 g/mol. The Morgan fingerprint density at radius 2 is 0.829 bits per heavy atom. The third kappa shape index (κ3) is 6.21. The van der Waals surface area contributed by atoms with E-state index in [2.05, 4.69) is 161 Å². The molecule has 0 aliphatic rings. The van der Waals surface area contributed by atoms with Gasteiger partial charge in [-0.3, -0.25) is 0 Å². The van der Waals surface area contributed by atoms with Gasteiger partial charge in [0.1, 0.15) is 6.15 Å². The van der Waals surface area contributed by atoms with Gasteiger partial charge in [0.05, 0.1) is 26.7 Å². The van der Waals surface area contributed by atoms with Gasteiger partial charge < -0.3 is 4.48 Å².